The van der Waals surface area contributed by atoms with E-state index in [1.807, 2.05) is 0 Å². The molecular formula is C8H10N2O4S. The maximum atomic E-state index is 10.9. The van der Waals surface area contributed by atoms with Gasteiger partial charge in [0.05, 0.1) is 0 Å². The Kier molecular flexibility index (Phi) is 3.75. The Balaban J connectivity index is 2.77. The van der Waals surface area contributed by atoms with E-state index in [4.69, 9.17) is 10.8 Å². The van der Waals surface area contributed by atoms with Gasteiger partial charge in [0, 0.05) is 37.9 Å². The molecule has 0 saturated heterocycles. The van der Waals surface area contributed by atoms with Crippen LogP contribution in [0.5, 0.6) is 5.75 Å². The molecule has 1 aromatic heterocycles. The topological polar surface area (TPSA) is 94.5 Å². The van der Waals surface area contributed by atoms with Crippen molar-refractivity contribution in [3.8, 4) is 5.75 Å². The molecule has 0 aliphatic rings. The molecule has 1 rings (SSSR count). The second-order valence-electron chi connectivity index (χ2n) is 2.91. The number of carbonyl (C=O) groups excluding carboxylic acids is 1. The molecule has 0 fully saturated rings. The minimum absolute atomic E-state index is 0.0905. The average molecular weight is 230 g/mol. The lowest BCUT2D eigenvalue weighted by atomic mass is 10.3. The third-order valence-electron chi connectivity index (χ3n) is 1.76. The van der Waals surface area contributed by atoms with Crippen LogP contribution < -0.4 is 11.2 Å². The van der Waals surface area contributed by atoms with Gasteiger partial charge in [-0.2, -0.15) is 0 Å². The summed E-state index contributed by atoms with van der Waals surface area (Å²) in [6.07, 6.45) is 2.60. The first-order valence-electron chi connectivity index (χ1n) is 4.04. The molecule has 0 aliphatic heterocycles. The lowest BCUT2D eigenvalue weighted by Crippen LogP contribution is -2.35. The fourth-order valence-electron chi connectivity index (χ4n) is 0.995. The lowest BCUT2D eigenvalue weighted by Gasteiger charge is -2.11. The minimum Gasteiger partial charge on any atom is -0.503 e. The number of nitrogens with two attached hydrogens (primary N) is 1. The predicted molar refractivity (Wildman–Crippen MR) is 55.4 cm³/mol. The number of aromatic hydroxyl groups is 1. The van der Waals surface area contributed by atoms with Gasteiger partial charge in [-0.15, -0.1) is 0 Å². The first kappa shape index (κ1) is 11.6. The van der Waals surface area contributed by atoms with Crippen molar-refractivity contribution in [2.45, 2.75) is 12.6 Å². The van der Waals surface area contributed by atoms with Crippen molar-refractivity contribution in [1.29, 1.82) is 0 Å². The Labute approximate surface area is 90.9 Å². The summed E-state index contributed by atoms with van der Waals surface area (Å²) in [6, 6.07) is 0.276. The zero-order chi connectivity index (χ0) is 11.4. The SMILES string of the molecule is N[C@@H](Cn1ccc(=O)c(O)c1)C(=O)OS. The van der Waals surface area contributed by atoms with E-state index in [0.29, 0.717) is 0 Å². The van der Waals surface area contributed by atoms with Gasteiger partial charge in [0.15, 0.2) is 5.75 Å². The Morgan fingerprint density at radius 2 is 2.40 bits per heavy atom. The van der Waals surface area contributed by atoms with Gasteiger partial charge in [-0.3, -0.25) is 4.79 Å². The number of aromatic nitrogens is 1. The second-order valence-corrected chi connectivity index (χ2v) is 3.09. The van der Waals surface area contributed by atoms with E-state index in [-0.39, 0.29) is 6.54 Å². The molecule has 0 radical (unpaired) electrons. The third-order valence-corrected chi connectivity index (χ3v) is 1.94. The van der Waals surface area contributed by atoms with E-state index >= 15 is 0 Å². The van der Waals surface area contributed by atoms with Crippen LogP contribution in [0.3, 0.4) is 0 Å². The van der Waals surface area contributed by atoms with E-state index < -0.39 is 23.2 Å². The first-order chi connectivity index (χ1) is 7.04. The van der Waals surface area contributed by atoms with Gasteiger partial charge in [-0.05, 0) is 0 Å². The quantitative estimate of drug-likeness (QED) is 0.470. The van der Waals surface area contributed by atoms with Gasteiger partial charge >= 0.3 is 5.97 Å². The van der Waals surface area contributed by atoms with Gasteiger partial charge in [-0.1, -0.05) is 0 Å². The fourth-order valence-corrected chi connectivity index (χ4v) is 1.13. The van der Waals surface area contributed by atoms with Crippen LogP contribution in [0, 0.1) is 0 Å². The number of carbonyl (C=O) groups is 1. The number of nitrogens with zero attached hydrogens (tertiary/aromatic N) is 1. The van der Waals surface area contributed by atoms with Crippen molar-refractivity contribution in [3.05, 3.63) is 28.7 Å². The van der Waals surface area contributed by atoms with E-state index in [0.717, 1.165) is 0 Å². The molecule has 0 saturated carbocycles. The van der Waals surface area contributed by atoms with Crippen molar-refractivity contribution >= 4 is 18.9 Å². The monoisotopic (exact) mass is 230 g/mol. The molecule has 0 aliphatic carbocycles. The summed E-state index contributed by atoms with van der Waals surface area (Å²) < 4.78 is 5.54. The van der Waals surface area contributed by atoms with Crippen molar-refractivity contribution in [2.24, 2.45) is 5.73 Å². The van der Waals surface area contributed by atoms with E-state index in [1.54, 1.807) is 0 Å². The molecule has 7 heteroatoms. The Morgan fingerprint density at radius 3 is 2.93 bits per heavy atom. The van der Waals surface area contributed by atoms with Gasteiger partial charge in [-0.25, -0.2) is 4.79 Å². The van der Waals surface area contributed by atoms with Crippen molar-refractivity contribution in [2.75, 3.05) is 0 Å². The first-order valence-corrected chi connectivity index (χ1v) is 4.41. The van der Waals surface area contributed by atoms with Gasteiger partial charge in [0.25, 0.3) is 0 Å². The average Bonchev–Trinajstić information content (AvgIpc) is 2.22. The summed E-state index contributed by atoms with van der Waals surface area (Å²) in [5.41, 5.74) is 4.95. The van der Waals surface area contributed by atoms with Gasteiger partial charge < -0.3 is 19.6 Å². The number of pyridine rings is 1. The van der Waals surface area contributed by atoms with Crippen LogP contribution in [0.4, 0.5) is 0 Å². The summed E-state index contributed by atoms with van der Waals surface area (Å²) in [5.74, 6) is -1.08. The zero-order valence-electron chi connectivity index (χ0n) is 7.66. The molecule has 1 aromatic rings. The molecule has 0 bridgehead atoms. The Morgan fingerprint density at radius 1 is 1.73 bits per heavy atom. The summed E-state index contributed by atoms with van der Waals surface area (Å²) in [6.45, 7) is 0.0905. The standard InChI is InChI=1S/C8H10N2O4S/c9-5(8(13)14-15)3-10-2-1-6(11)7(12)4-10/h1-2,4-5,12,15H,3,9H2/t5-/m0/s1. The van der Waals surface area contributed by atoms with Crippen LogP contribution >= 0.6 is 12.9 Å². The van der Waals surface area contributed by atoms with E-state index in [2.05, 4.69) is 17.1 Å². The van der Waals surface area contributed by atoms with Crippen LogP contribution in [0.2, 0.25) is 0 Å². The molecule has 3 N–H and O–H groups in total. The highest BCUT2D eigenvalue weighted by Crippen LogP contribution is 2.00. The highest BCUT2D eigenvalue weighted by Gasteiger charge is 2.14. The highest BCUT2D eigenvalue weighted by molar-refractivity contribution is 7.75. The maximum Gasteiger partial charge on any atom is 0.336 e. The van der Waals surface area contributed by atoms with Crippen molar-refractivity contribution < 1.29 is 14.1 Å². The zero-order valence-corrected chi connectivity index (χ0v) is 8.55. The normalized spacial score (nSPS) is 12.1. The minimum atomic E-state index is -0.899. The summed E-state index contributed by atoms with van der Waals surface area (Å²) in [7, 11) is 0. The van der Waals surface area contributed by atoms with Crippen LogP contribution in [0.1, 0.15) is 0 Å². The molecule has 1 heterocycles. The van der Waals surface area contributed by atoms with E-state index in [1.165, 1.54) is 23.0 Å². The van der Waals surface area contributed by atoms with E-state index in [9.17, 15) is 9.59 Å². The largest absolute Gasteiger partial charge is 0.503 e. The summed E-state index contributed by atoms with van der Waals surface area (Å²) in [4.78, 5) is 21.8. The predicted octanol–water partition coefficient (Wildman–Crippen LogP) is -0.731. The number of rotatable bonds is 3. The lowest BCUT2D eigenvalue weighted by molar-refractivity contribution is -0.134. The molecule has 1 atom stereocenters. The molecular weight excluding hydrogens is 220 g/mol. The van der Waals surface area contributed by atoms with Gasteiger partial charge in [0.1, 0.15) is 6.04 Å². The molecule has 0 spiro atoms. The Hall–Kier alpha value is -1.47. The third kappa shape index (κ3) is 3.00. The van der Waals surface area contributed by atoms with Crippen LogP contribution in [0.25, 0.3) is 0 Å². The summed E-state index contributed by atoms with van der Waals surface area (Å²) >= 11 is 3.32. The molecule has 6 nitrogen and oxygen atoms in total. The highest BCUT2D eigenvalue weighted by atomic mass is 32.1. The van der Waals surface area contributed by atoms with Crippen LogP contribution in [0.15, 0.2) is 23.3 Å². The molecule has 0 unspecified atom stereocenters. The molecule has 0 aromatic carbocycles. The Bertz CT molecular complexity index is 417. The van der Waals surface area contributed by atoms with Crippen LogP contribution in [-0.4, -0.2) is 21.7 Å². The van der Waals surface area contributed by atoms with Crippen molar-refractivity contribution in [3.63, 3.8) is 0 Å². The summed E-state index contributed by atoms with van der Waals surface area (Å²) in [5, 5.41) is 9.10. The van der Waals surface area contributed by atoms with Crippen molar-refractivity contribution in [1.82, 2.24) is 4.57 Å². The van der Waals surface area contributed by atoms with Gasteiger partial charge in [0.2, 0.25) is 5.43 Å². The number of thiol groups is 1. The number of hydrogen-bond donors (Lipinski definition) is 3. The van der Waals surface area contributed by atoms with Crippen LogP contribution in [-0.2, 0) is 15.5 Å². The fraction of sp³-hybridized carbons (Fsp3) is 0.250. The molecule has 82 valence electrons. The smallest absolute Gasteiger partial charge is 0.336 e. The second kappa shape index (κ2) is 4.85. The maximum absolute atomic E-state index is 10.9. The number of hydrogen-bond acceptors (Lipinski definition) is 6. The molecule has 0 amide bonds. The molecule has 15 heavy (non-hydrogen) atoms.